The molecule has 1 aromatic carbocycles. The Hall–Kier alpha value is -1.08. The summed E-state index contributed by atoms with van der Waals surface area (Å²) in [5.74, 6) is 0. The zero-order valence-electron chi connectivity index (χ0n) is 8.45. The first-order valence-electron chi connectivity index (χ1n) is 4.43. The van der Waals surface area contributed by atoms with Gasteiger partial charge in [-0.15, -0.1) is 0 Å². The highest BCUT2D eigenvalue weighted by Crippen LogP contribution is 2.12. The Bertz CT molecular complexity index is 272. The monoisotopic (exact) mass is 176 g/mol. The van der Waals surface area contributed by atoms with Crippen molar-refractivity contribution in [2.75, 3.05) is 7.11 Å². The molecule has 0 aromatic heterocycles. The molecule has 1 aromatic rings. The topological polar surface area (TPSA) is 9.23 Å². The molecule has 0 saturated heterocycles. The number of hydrogen-bond donors (Lipinski definition) is 0. The molecule has 1 rings (SSSR count). The van der Waals surface area contributed by atoms with Crippen molar-refractivity contribution in [1.29, 1.82) is 0 Å². The molecule has 0 saturated carbocycles. The SMILES string of the molecule is COC(C)(C)C=Cc1ccccc1. The second kappa shape index (κ2) is 4.24. The number of benzene rings is 1. The van der Waals surface area contributed by atoms with Crippen molar-refractivity contribution in [3.8, 4) is 0 Å². The summed E-state index contributed by atoms with van der Waals surface area (Å²) < 4.78 is 5.27. The molecule has 13 heavy (non-hydrogen) atoms. The third-order valence-electron chi connectivity index (χ3n) is 2.00. The summed E-state index contributed by atoms with van der Waals surface area (Å²) in [4.78, 5) is 0. The van der Waals surface area contributed by atoms with Crippen molar-refractivity contribution in [1.82, 2.24) is 0 Å². The Morgan fingerprint density at radius 2 is 1.77 bits per heavy atom. The molecule has 0 N–H and O–H groups in total. The minimum Gasteiger partial charge on any atom is -0.375 e. The number of ether oxygens (including phenoxy) is 1. The lowest BCUT2D eigenvalue weighted by molar-refractivity contribution is 0.0663. The molecule has 0 aliphatic carbocycles. The van der Waals surface area contributed by atoms with Crippen LogP contribution in [0, 0.1) is 0 Å². The largest absolute Gasteiger partial charge is 0.375 e. The molecule has 0 unspecified atom stereocenters. The minimum absolute atomic E-state index is 0.185. The molecule has 70 valence electrons. The molecule has 0 fully saturated rings. The second-order valence-electron chi connectivity index (χ2n) is 3.55. The van der Waals surface area contributed by atoms with E-state index in [0.29, 0.717) is 0 Å². The molecular weight excluding hydrogens is 160 g/mol. The van der Waals surface area contributed by atoms with Crippen LogP contribution < -0.4 is 0 Å². The predicted octanol–water partition coefficient (Wildman–Crippen LogP) is 3.12. The molecule has 0 heterocycles. The molecule has 0 aliphatic rings. The lowest BCUT2D eigenvalue weighted by Gasteiger charge is -2.17. The zero-order valence-corrected chi connectivity index (χ0v) is 8.45. The van der Waals surface area contributed by atoms with Gasteiger partial charge < -0.3 is 4.74 Å². The zero-order chi connectivity index (χ0) is 9.73. The van der Waals surface area contributed by atoms with E-state index >= 15 is 0 Å². The summed E-state index contributed by atoms with van der Waals surface area (Å²) >= 11 is 0. The van der Waals surface area contributed by atoms with Gasteiger partial charge in [-0.1, -0.05) is 42.5 Å². The van der Waals surface area contributed by atoms with Gasteiger partial charge in [0.1, 0.15) is 0 Å². The summed E-state index contributed by atoms with van der Waals surface area (Å²) in [6.07, 6.45) is 4.13. The van der Waals surface area contributed by atoms with E-state index in [-0.39, 0.29) is 5.60 Å². The van der Waals surface area contributed by atoms with Gasteiger partial charge in [0.05, 0.1) is 5.60 Å². The van der Waals surface area contributed by atoms with Crippen LogP contribution in [0.2, 0.25) is 0 Å². The van der Waals surface area contributed by atoms with E-state index in [0.717, 1.165) is 0 Å². The standard InChI is InChI=1S/C12H16O/c1-12(2,13-3)10-9-11-7-5-4-6-8-11/h4-10H,1-3H3. The van der Waals surface area contributed by atoms with E-state index in [9.17, 15) is 0 Å². The first-order chi connectivity index (χ1) is 6.14. The average molecular weight is 176 g/mol. The number of rotatable bonds is 3. The molecule has 0 bridgehead atoms. The van der Waals surface area contributed by atoms with Gasteiger partial charge in [0.25, 0.3) is 0 Å². The lowest BCUT2D eigenvalue weighted by atomic mass is 10.1. The average Bonchev–Trinajstić information content (AvgIpc) is 2.17. The summed E-state index contributed by atoms with van der Waals surface area (Å²) in [5, 5.41) is 0. The van der Waals surface area contributed by atoms with Crippen LogP contribution in [0.1, 0.15) is 19.4 Å². The Kier molecular flexibility index (Phi) is 3.26. The Balaban J connectivity index is 2.69. The van der Waals surface area contributed by atoms with Crippen LogP contribution in [0.3, 0.4) is 0 Å². The van der Waals surface area contributed by atoms with Crippen LogP contribution in [0.15, 0.2) is 36.4 Å². The molecule has 0 amide bonds. The third kappa shape index (κ3) is 3.43. The predicted molar refractivity (Wildman–Crippen MR) is 56.6 cm³/mol. The van der Waals surface area contributed by atoms with Crippen LogP contribution in [-0.2, 0) is 4.74 Å². The summed E-state index contributed by atoms with van der Waals surface area (Å²) in [5.41, 5.74) is 1.02. The van der Waals surface area contributed by atoms with Crippen molar-refractivity contribution in [2.45, 2.75) is 19.4 Å². The van der Waals surface area contributed by atoms with Gasteiger partial charge in [0.2, 0.25) is 0 Å². The molecule has 1 nitrogen and oxygen atoms in total. The van der Waals surface area contributed by atoms with Gasteiger partial charge in [-0.05, 0) is 19.4 Å². The molecule has 0 radical (unpaired) electrons. The van der Waals surface area contributed by atoms with E-state index in [4.69, 9.17) is 4.74 Å². The molecule has 1 heteroatoms. The van der Waals surface area contributed by atoms with Crippen molar-refractivity contribution >= 4 is 6.08 Å². The van der Waals surface area contributed by atoms with E-state index in [2.05, 4.69) is 24.3 Å². The maximum Gasteiger partial charge on any atom is 0.0805 e. The molecular formula is C12H16O. The fraction of sp³-hybridized carbons (Fsp3) is 0.333. The van der Waals surface area contributed by atoms with Gasteiger partial charge in [-0.3, -0.25) is 0 Å². The highest BCUT2D eigenvalue weighted by molar-refractivity contribution is 5.49. The van der Waals surface area contributed by atoms with E-state index in [1.165, 1.54) is 5.56 Å². The fourth-order valence-electron chi connectivity index (χ4n) is 0.929. The van der Waals surface area contributed by atoms with Gasteiger partial charge in [-0.25, -0.2) is 0 Å². The maximum absolute atomic E-state index is 5.27. The van der Waals surface area contributed by atoms with E-state index in [1.807, 2.05) is 32.0 Å². The van der Waals surface area contributed by atoms with Gasteiger partial charge in [-0.2, -0.15) is 0 Å². The smallest absolute Gasteiger partial charge is 0.0805 e. The highest BCUT2D eigenvalue weighted by Gasteiger charge is 2.09. The van der Waals surface area contributed by atoms with E-state index in [1.54, 1.807) is 7.11 Å². The second-order valence-corrected chi connectivity index (χ2v) is 3.55. The van der Waals surface area contributed by atoms with Crippen molar-refractivity contribution in [2.24, 2.45) is 0 Å². The maximum atomic E-state index is 5.27. The first kappa shape index (κ1) is 10.0. The van der Waals surface area contributed by atoms with Gasteiger partial charge in [0, 0.05) is 7.11 Å². The van der Waals surface area contributed by atoms with Gasteiger partial charge in [0.15, 0.2) is 0 Å². The van der Waals surface area contributed by atoms with Crippen molar-refractivity contribution in [3.05, 3.63) is 42.0 Å². The normalized spacial score (nSPS) is 12.2. The van der Waals surface area contributed by atoms with Crippen molar-refractivity contribution in [3.63, 3.8) is 0 Å². The number of hydrogen-bond acceptors (Lipinski definition) is 1. The molecule has 0 spiro atoms. The quantitative estimate of drug-likeness (QED) is 0.687. The number of methoxy groups -OCH3 is 1. The van der Waals surface area contributed by atoms with Crippen molar-refractivity contribution < 1.29 is 4.74 Å². The Morgan fingerprint density at radius 3 is 2.31 bits per heavy atom. The summed E-state index contributed by atoms with van der Waals surface area (Å²) in [6, 6.07) is 10.2. The molecule has 0 aliphatic heterocycles. The van der Waals surface area contributed by atoms with Crippen LogP contribution in [0.5, 0.6) is 0 Å². The first-order valence-corrected chi connectivity index (χ1v) is 4.43. The summed E-state index contributed by atoms with van der Waals surface area (Å²) in [7, 11) is 1.72. The van der Waals surface area contributed by atoms with Gasteiger partial charge >= 0.3 is 0 Å². The highest BCUT2D eigenvalue weighted by atomic mass is 16.5. The minimum atomic E-state index is -0.185. The Morgan fingerprint density at radius 1 is 1.15 bits per heavy atom. The van der Waals surface area contributed by atoms with E-state index < -0.39 is 0 Å². The molecule has 0 atom stereocenters. The van der Waals surface area contributed by atoms with Crippen LogP contribution in [-0.4, -0.2) is 12.7 Å². The van der Waals surface area contributed by atoms with Crippen LogP contribution in [0.25, 0.3) is 6.08 Å². The lowest BCUT2D eigenvalue weighted by Crippen LogP contribution is -2.18. The fourth-order valence-corrected chi connectivity index (χ4v) is 0.929. The summed E-state index contributed by atoms with van der Waals surface area (Å²) in [6.45, 7) is 4.07. The third-order valence-corrected chi connectivity index (χ3v) is 2.00. The van der Waals surface area contributed by atoms with Crippen LogP contribution >= 0.6 is 0 Å². The van der Waals surface area contributed by atoms with Crippen LogP contribution in [0.4, 0.5) is 0 Å². The Labute approximate surface area is 80.0 Å².